The van der Waals surface area contributed by atoms with Gasteiger partial charge in [0.2, 0.25) is 5.82 Å². The largest absolute Gasteiger partial charge is 0.477 e. The number of carboxylic acids is 1. The van der Waals surface area contributed by atoms with Crippen LogP contribution in [-0.4, -0.2) is 80.7 Å². The molecule has 1 aliphatic carbocycles. The van der Waals surface area contributed by atoms with Crippen molar-refractivity contribution >= 4 is 29.0 Å². The van der Waals surface area contributed by atoms with Gasteiger partial charge < -0.3 is 19.8 Å². The third-order valence-corrected chi connectivity index (χ3v) is 10.5. The van der Waals surface area contributed by atoms with Gasteiger partial charge in [-0.3, -0.25) is 4.79 Å². The third kappa shape index (κ3) is 4.31. The second-order valence-electron chi connectivity index (χ2n) is 13.3. The summed E-state index contributed by atoms with van der Waals surface area (Å²) >= 11 is 0. The summed E-state index contributed by atoms with van der Waals surface area (Å²) in [5.74, 6) is -0.119. The van der Waals surface area contributed by atoms with Crippen molar-refractivity contribution < 1.29 is 19.1 Å². The zero-order valence-electron chi connectivity index (χ0n) is 24.6. The summed E-state index contributed by atoms with van der Waals surface area (Å²) in [5, 5.41) is 14.0. The lowest BCUT2D eigenvalue weighted by molar-refractivity contribution is 0.0518. The molecule has 4 aromatic rings. The van der Waals surface area contributed by atoms with E-state index in [4.69, 9.17) is 0 Å². The van der Waals surface area contributed by atoms with Crippen LogP contribution in [0.2, 0.25) is 0 Å². The van der Waals surface area contributed by atoms with Gasteiger partial charge in [-0.2, -0.15) is 0 Å². The maximum atomic E-state index is 13.9. The van der Waals surface area contributed by atoms with Gasteiger partial charge in [0.1, 0.15) is 11.6 Å². The number of amides is 1. The van der Waals surface area contributed by atoms with Crippen molar-refractivity contribution in [3.8, 4) is 0 Å². The van der Waals surface area contributed by atoms with Crippen LogP contribution in [0.15, 0.2) is 54.7 Å². The maximum absolute atomic E-state index is 13.9. The Bertz CT molecular complexity index is 1820. The minimum absolute atomic E-state index is 0.0350. The van der Waals surface area contributed by atoms with Crippen molar-refractivity contribution in [1.29, 1.82) is 0 Å². The van der Waals surface area contributed by atoms with Crippen LogP contribution in [0.4, 0.5) is 15.9 Å². The van der Waals surface area contributed by atoms with E-state index in [0.29, 0.717) is 30.5 Å². The predicted octanol–water partition coefficient (Wildman–Crippen LogP) is 4.40. The van der Waals surface area contributed by atoms with E-state index in [0.717, 1.165) is 68.7 Å². The summed E-state index contributed by atoms with van der Waals surface area (Å²) in [6.45, 7) is 6.59. The summed E-state index contributed by atoms with van der Waals surface area (Å²) in [6.07, 6.45) is 5.99. The number of carbonyl (C=O) groups is 2. The number of aromatic carboxylic acids is 1. The quantitative estimate of drug-likeness (QED) is 0.362. The molecule has 1 aromatic carbocycles. The number of carboxylic acid groups (broad SMARTS) is 1. The highest BCUT2D eigenvalue weighted by atomic mass is 19.1. The summed E-state index contributed by atoms with van der Waals surface area (Å²) in [5.41, 5.74) is 3.96. The molecular weight excluding hydrogens is 561 g/mol. The average molecular weight is 596 g/mol. The predicted molar refractivity (Wildman–Crippen MR) is 162 cm³/mol. The van der Waals surface area contributed by atoms with E-state index in [9.17, 15) is 19.1 Å². The smallest absolute Gasteiger partial charge is 0.354 e. The van der Waals surface area contributed by atoms with E-state index in [1.807, 2.05) is 30.2 Å². The number of likely N-dealkylation sites (tertiary alicyclic amines) is 1. The van der Waals surface area contributed by atoms with E-state index in [-0.39, 0.29) is 34.1 Å². The van der Waals surface area contributed by atoms with Crippen molar-refractivity contribution in [2.24, 2.45) is 10.8 Å². The molecule has 1 saturated carbocycles. The molecule has 11 heteroatoms. The van der Waals surface area contributed by atoms with Gasteiger partial charge in [0, 0.05) is 50.1 Å². The lowest BCUT2D eigenvalue weighted by Crippen LogP contribution is -2.63. The molecule has 4 fully saturated rings. The SMILES string of the molecule is Cc1cc(N2CC3(CC[C@@H]3c3cccc(F)c3)C2)cn2nc(C(=O)N3CC[C@@]4(CCN(c5cccc(C(=O)O)n5)C4)C3)nc12. The molecule has 0 unspecified atom stereocenters. The maximum Gasteiger partial charge on any atom is 0.354 e. The standard InChI is InChI=1S/C33H34FN7O3/c1-21-14-24(40-19-33(20-40)9-8-25(33)22-4-2-5-23(34)15-22)16-41-29(21)36-28(37-41)30(42)39-13-11-32(18-39)10-12-38(17-32)27-7-3-6-26(35-27)31(43)44/h2-7,14-16,25H,8-13,17-20H2,1H3,(H,43,44)/t25-,32-/m1/s1. The average Bonchev–Trinajstić information content (AvgIpc) is 3.71. The van der Waals surface area contributed by atoms with Crippen molar-refractivity contribution in [3.05, 3.63) is 83.2 Å². The van der Waals surface area contributed by atoms with Crippen LogP contribution in [0.1, 0.15) is 63.8 Å². The molecule has 8 rings (SSSR count). The first-order chi connectivity index (χ1) is 21.2. The normalized spacial score (nSPS) is 23.9. The minimum Gasteiger partial charge on any atom is -0.477 e. The lowest BCUT2D eigenvalue weighted by Gasteiger charge is -2.61. The Morgan fingerprint density at radius 3 is 2.55 bits per heavy atom. The molecule has 2 spiro atoms. The molecule has 3 aliphatic heterocycles. The molecule has 1 amide bonds. The van der Waals surface area contributed by atoms with Gasteiger partial charge in [0.05, 0.1) is 11.9 Å². The van der Waals surface area contributed by atoms with Crippen molar-refractivity contribution in [2.45, 2.75) is 38.5 Å². The first-order valence-corrected chi connectivity index (χ1v) is 15.3. The summed E-state index contributed by atoms with van der Waals surface area (Å²) < 4.78 is 15.6. The molecule has 3 saturated heterocycles. The van der Waals surface area contributed by atoms with Gasteiger partial charge in [0.25, 0.3) is 5.91 Å². The van der Waals surface area contributed by atoms with Crippen molar-refractivity contribution in [3.63, 3.8) is 0 Å². The van der Waals surface area contributed by atoms with E-state index >= 15 is 0 Å². The molecule has 3 aromatic heterocycles. The number of benzene rings is 1. The van der Waals surface area contributed by atoms with Crippen LogP contribution in [0.3, 0.4) is 0 Å². The van der Waals surface area contributed by atoms with Crippen LogP contribution >= 0.6 is 0 Å². The summed E-state index contributed by atoms with van der Waals surface area (Å²) in [6, 6.07) is 14.2. The Kier molecular flexibility index (Phi) is 5.98. The number of aromatic nitrogens is 4. The van der Waals surface area contributed by atoms with Crippen molar-refractivity contribution in [1.82, 2.24) is 24.5 Å². The Labute approximate surface area is 254 Å². The number of fused-ring (bicyclic) bond motifs is 1. The van der Waals surface area contributed by atoms with E-state index in [1.54, 1.807) is 22.7 Å². The minimum atomic E-state index is -1.04. The number of hydrogen-bond acceptors (Lipinski definition) is 7. The molecule has 6 heterocycles. The number of rotatable bonds is 5. The number of anilines is 2. The van der Waals surface area contributed by atoms with Gasteiger partial charge in [-0.05, 0) is 80.0 Å². The highest BCUT2D eigenvalue weighted by molar-refractivity contribution is 5.91. The van der Waals surface area contributed by atoms with Gasteiger partial charge in [0.15, 0.2) is 11.3 Å². The fourth-order valence-corrected chi connectivity index (χ4v) is 8.04. The molecule has 44 heavy (non-hydrogen) atoms. The number of aryl methyl sites for hydroxylation is 1. The Morgan fingerprint density at radius 1 is 0.955 bits per heavy atom. The summed E-state index contributed by atoms with van der Waals surface area (Å²) in [4.78, 5) is 40.3. The van der Waals surface area contributed by atoms with E-state index < -0.39 is 5.97 Å². The molecule has 226 valence electrons. The Morgan fingerprint density at radius 2 is 1.77 bits per heavy atom. The first kappa shape index (κ1) is 27.0. The second-order valence-corrected chi connectivity index (χ2v) is 13.3. The number of nitrogens with zero attached hydrogens (tertiary/aromatic N) is 7. The third-order valence-electron chi connectivity index (χ3n) is 10.5. The van der Waals surface area contributed by atoms with Gasteiger partial charge in [-0.1, -0.05) is 18.2 Å². The zero-order chi connectivity index (χ0) is 30.2. The first-order valence-electron chi connectivity index (χ1n) is 15.3. The Hall–Kier alpha value is -4.54. The zero-order valence-corrected chi connectivity index (χ0v) is 24.6. The van der Waals surface area contributed by atoms with Crippen LogP contribution in [0, 0.1) is 23.6 Å². The highest BCUT2D eigenvalue weighted by Gasteiger charge is 2.55. The fraction of sp³-hybridized carbons (Fsp3) is 0.424. The van der Waals surface area contributed by atoms with Gasteiger partial charge in [-0.15, -0.1) is 5.10 Å². The second kappa shape index (κ2) is 9.73. The number of carbonyl (C=O) groups excluding carboxylic acids is 1. The Balaban J connectivity index is 0.950. The van der Waals surface area contributed by atoms with E-state index in [1.165, 1.54) is 12.1 Å². The van der Waals surface area contributed by atoms with Crippen molar-refractivity contribution in [2.75, 3.05) is 49.1 Å². The van der Waals surface area contributed by atoms with Crippen LogP contribution < -0.4 is 9.80 Å². The molecule has 2 atom stereocenters. The monoisotopic (exact) mass is 595 g/mol. The lowest BCUT2D eigenvalue weighted by atomic mass is 9.53. The molecule has 1 N–H and O–H groups in total. The highest BCUT2D eigenvalue weighted by Crippen LogP contribution is 2.58. The van der Waals surface area contributed by atoms with Gasteiger partial charge in [-0.25, -0.2) is 23.7 Å². The molecule has 0 bridgehead atoms. The van der Waals surface area contributed by atoms with E-state index in [2.05, 4.69) is 30.9 Å². The molecule has 10 nitrogen and oxygen atoms in total. The number of halogens is 1. The molecular formula is C33H34FN7O3. The molecule has 4 aliphatic rings. The van der Waals surface area contributed by atoms with Crippen LogP contribution in [0.25, 0.3) is 5.65 Å². The fourth-order valence-electron chi connectivity index (χ4n) is 8.04. The van der Waals surface area contributed by atoms with Crippen LogP contribution in [0.5, 0.6) is 0 Å². The topological polar surface area (TPSA) is 107 Å². The van der Waals surface area contributed by atoms with Gasteiger partial charge >= 0.3 is 5.97 Å². The number of pyridine rings is 2. The summed E-state index contributed by atoms with van der Waals surface area (Å²) in [7, 11) is 0. The van der Waals surface area contributed by atoms with Crippen LogP contribution in [-0.2, 0) is 0 Å². The number of hydrogen-bond donors (Lipinski definition) is 1. The molecule has 0 radical (unpaired) electrons.